The number of hydrogen-bond donors (Lipinski definition) is 1. The molecule has 1 aliphatic rings. The highest BCUT2D eigenvalue weighted by molar-refractivity contribution is 5.36. The fourth-order valence-corrected chi connectivity index (χ4v) is 2.96. The molecule has 1 aromatic carbocycles. The normalized spacial score (nSPS) is 22.0. The van der Waals surface area contributed by atoms with E-state index < -0.39 is 6.36 Å². The van der Waals surface area contributed by atoms with E-state index in [1.54, 1.807) is 12.1 Å². The van der Waals surface area contributed by atoms with Gasteiger partial charge in [0.1, 0.15) is 5.75 Å². The van der Waals surface area contributed by atoms with Crippen LogP contribution in [-0.2, 0) is 0 Å². The van der Waals surface area contributed by atoms with Gasteiger partial charge in [-0.3, -0.25) is 4.90 Å². The highest BCUT2D eigenvalue weighted by atomic mass is 19.4. The molecule has 0 spiro atoms. The van der Waals surface area contributed by atoms with Crippen LogP contribution in [0.4, 0.5) is 13.2 Å². The van der Waals surface area contributed by atoms with Gasteiger partial charge in [0.25, 0.3) is 0 Å². The molecule has 6 heteroatoms. The molecular formula is C15H21F3N2O. The van der Waals surface area contributed by atoms with Gasteiger partial charge in [-0.25, -0.2) is 0 Å². The highest BCUT2D eigenvalue weighted by Gasteiger charge is 2.34. The number of rotatable bonds is 4. The second-order valence-corrected chi connectivity index (χ2v) is 5.58. The minimum absolute atomic E-state index is 0.154. The summed E-state index contributed by atoms with van der Waals surface area (Å²) in [6.45, 7) is 4.12. The zero-order chi connectivity index (χ0) is 15.5. The van der Waals surface area contributed by atoms with Crippen molar-refractivity contribution in [2.45, 2.75) is 32.2 Å². The molecule has 0 saturated carbocycles. The van der Waals surface area contributed by atoms with Gasteiger partial charge < -0.3 is 10.5 Å². The number of benzene rings is 1. The lowest BCUT2D eigenvalue weighted by molar-refractivity contribution is -0.275. The number of ether oxygens (including phenoxy) is 1. The third kappa shape index (κ3) is 4.35. The molecule has 21 heavy (non-hydrogen) atoms. The number of likely N-dealkylation sites (tertiary alicyclic amines) is 1. The number of halogens is 3. The van der Waals surface area contributed by atoms with Crippen LogP contribution < -0.4 is 10.5 Å². The van der Waals surface area contributed by atoms with Gasteiger partial charge >= 0.3 is 6.36 Å². The summed E-state index contributed by atoms with van der Waals surface area (Å²) in [5.74, 6) is 0.377. The van der Waals surface area contributed by atoms with Crippen molar-refractivity contribution >= 4 is 0 Å². The van der Waals surface area contributed by atoms with Gasteiger partial charge in [0, 0.05) is 18.7 Å². The first-order valence-electron chi connectivity index (χ1n) is 7.19. The third-order valence-corrected chi connectivity index (χ3v) is 3.86. The predicted molar refractivity (Wildman–Crippen MR) is 74.9 cm³/mol. The van der Waals surface area contributed by atoms with Gasteiger partial charge in [-0.05, 0) is 31.4 Å². The van der Waals surface area contributed by atoms with Gasteiger partial charge in [0.15, 0.2) is 0 Å². The summed E-state index contributed by atoms with van der Waals surface area (Å²) in [5, 5.41) is 0. The number of nitrogens with zero attached hydrogens (tertiary/aromatic N) is 1. The van der Waals surface area contributed by atoms with E-state index in [4.69, 9.17) is 5.73 Å². The summed E-state index contributed by atoms with van der Waals surface area (Å²) in [4.78, 5) is 2.16. The Labute approximate surface area is 122 Å². The van der Waals surface area contributed by atoms with E-state index in [9.17, 15) is 13.2 Å². The molecule has 1 saturated heterocycles. The van der Waals surface area contributed by atoms with E-state index in [0.717, 1.165) is 25.9 Å². The molecule has 0 aliphatic carbocycles. The largest absolute Gasteiger partial charge is 0.573 e. The van der Waals surface area contributed by atoms with Crippen LogP contribution in [0.1, 0.15) is 31.4 Å². The topological polar surface area (TPSA) is 38.5 Å². The zero-order valence-corrected chi connectivity index (χ0v) is 12.1. The van der Waals surface area contributed by atoms with E-state index in [1.807, 2.05) is 0 Å². The van der Waals surface area contributed by atoms with Gasteiger partial charge in [0.2, 0.25) is 0 Å². The van der Waals surface area contributed by atoms with Crippen LogP contribution in [0, 0.1) is 5.92 Å². The van der Waals surface area contributed by atoms with Crippen LogP contribution >= 0.6 is 0 Å². The summed E-state index contributed by atoms with van der Waals surface area (Å²) in [5.41, 5.74) is 6.34. The standard InChI is InChI=1S/C15H21F3N2O/c1-11-5-4-8-20(10-11)13(9-19)12-6-2-3-7-14(12)21-15(16,17)18/h2-3,6-7,11,13H,4-5,8-10,19H2,1H3/t11-,13+/m0/s1. The molecule has 0 aromatic heterocycles. The molecule has 2 rings (SSSR count). The molecule has 1 aliphatic heterocycles. The van der Waals surface area contributed by atoms with E-state index in [1.165, 1.54) is 12.1 Å². The minimum Gasteiger partial charge on any atom is -0.405 e. The Morgan fingerprint density at radius 3 is 2.71 bits per heavy atom. The first-order chi connectivity index (χ1) is 9.90. The van der Waals surface area contributed by atoms with E-state index in [-0.39, 0.29) is 18.3 Å². The molecule has 0 amide bonds. The fourth-order valence-electron chi connectivity index (χ4n) is 2.96. The van der Waals surface area contributed by atoms with E-state index in [0.29, 0.717) is 11.5 Å². The summed E-state index contributed by atoms with van der Waals surface area (Å²) in [6, 6.07) is 6.02. The van der Waals surface area contributed by atoms with Crippen molar-refractivity contribution in [2.75, 3.05) is 19.6 Å². The Morgan fingerprint density at radius 1 is 1.38 bits per heavy atom. The van der Waals surface area contributed by atoms with Crippen LogP contribution in [0.2, 0.25) is 0 Å². The molecule has 3 nitrogen and oxygen atoms in total. The van der Waals surface area contributed by atoms with E-state index >= 15 is 0 Å². The lowest BCUT2D eigenvalue weighted by Crippen LogP contribution is -2.40. The van der Waals surface area contributed by atoms with Gasteiger partial charge in [-0.2, -0.15) is 0 Å². The summed E-state index contributed by atoms with van der Waals surface area (Å²) in [7, 11) is 0. The predicted octanol–water partition coefficient (Wildman–Crippen LogP) is 3.32. The SMILES string of the molecule is C[C@H]1CCCN([C@H](CN)c2ccccc2OC(F)(F)F)C1. The maximum absolute atomic E-state index is 12.5. The van der Waals surface area contributed by atoms with Crippen LogP contribution in [0.15, 0.2) is 24.3 Å². The molecule has 1 fully saturated rings. The second kappa shape index (κ2) is 6.66. The molecule has 0 radical (unpaired) electrons. The van der Waals surface area contributed by atoms with Crippen LogP contribution in [0.25, 0.3) is 0 Å². The van der Waals surface area contributed by atoms with Crippen LogP contribution in [0.5, 0.6) is 5.75 Å². The number of piperidine rings is 1. The number of alkyl halides is 3. The Balaban J connectivity index is 2.25. The van der Waals surface area contributed by atoms with E-state index in [2.05, 4.69) is 16.6 Å². The van der Waals surface area contributed by atoms with Gasteiger partial charge in [-0.15, -0.1) is 13.2 Å². The Hall–Kier alpha value is -1.27. The van der Waals surface area contributed by atoms with Crippen molar-refractivity contribution in [3.8, 4) is 5.75 Å². The lowest BCUT2D eigenvalue weighted by atomic mass is 9.96. The molecule has 2 atom stereocenters. The molecule has 2 N–H and O–H groups in total. The molecule has 1 heterocycles. The maximum atomic E-state index is 12.5. The molecular weight excluding hydrogens is 281 g/mol. The monoisotopic (exact) mass is 302 g/mol. The first-order valence-corrected chi connectivity index (χ1v) is 7.19. The number of nitrogens with two attached hydrogens (primary N) is 1. The van der Waals surface area contributed by atoms with Crippen LogP contribution in [0.3, 0.4) is 0 Å². The summed E-state index contributed by atoms with van der Waals surface area (Å²) < 4.78 is 41.7. The van der Waals surface area contributed by atoms with Gasteiger partial charge in [0.05, 0.1) is 6.04 Å². The van der Waals surface area contributed by atoms with Gasteiger partial charge in [-0.1, -0.05) is 25.1 Å². The van der Waals surface area contributed by atoms with Crippen molar-refractivity contribution in [3.05, 3.63) is 29.8 Å². The molecule has 1 aromatic rings. The molecule has 0 unspecified atom stereocenters. The quantitative estimate of drug-likeness (QED) is 0.927. The zero-order valence-electron chi connectivity index (χ0n) is 12.1. The maximum Gasteiger partial charge on any atom is 0.573 e. The Kier molecular flexibility index (Phi) is 5.11. The third-order valence-electron chi connectivity index (χ3n) is 3.86. The van der Waals surface area contributed by atoms with Crippen molar-refractivity contribution in [1.82, 2.24) is 4.90 Å². The minimum atomic E-state index is -4.69. The van der Waals surface area contributed by atoms with Crippen LogP contribution in [-0.4, -0.2) is 30.9 Å². The average molecular weight is 302 g/mol. The van der Waals surface area contributed by atoms with Crippen molar-refractivity contribution < 1.29 is 17.9 Å². The summed E-state index contributed by atoms with van der Waals surface area (Å²) >= 11 is 0. The smallest absolute Gasteiger partial charge is 0.405 e. The second-order valence-electron chi connectivity index (χ2n) is 5.58. The highest BCUT2D eigenvalue weighted by Crippen LogP contribution is 2.34. The average Bonchev–Trinajstić information content (AvgIpc) is 2.40. The molecule has 118 valence electrons. The van der Waals surface area contributed by atoms with Crippen molar-refractivity contribution in [2.24, 2.45) is 11.7 Å². The van der Waals surface area contributed by atoms with Crippen molar-refractivity contribution in [1.29, 1.82) is 0 Å². The lowest BCUT2D eigenvalue weighted by Gasteiger charge is -2.37. The Bertz CT molecular complexity index is 464. The molecule has 0 bridgehead atoms. The summed E-state index contributed by atoms with van der Waals surface area (Å²) in [6.07, 6.45) is -2.50. The fraction of sp³-hybridized carbons (Fsp3) is 0.600. The Morgan fingerprint density at radius 2 is 2.10 bits per heavy atom. The van der Waals surface area contributed by atoms with Crippen molar-refractivity contribution in [3.63, 3.8) is 0 Å². The number of para-hydroxylation sites is 1. The number of hydrogen-bond acceptors (Lipinski definition) is 3. The first kappa shape index (κ1) is 16.1.